The second-order valence-electron chi connectivity index (χ2n) is 3.85. The van der Waals surface area contributed by atoms with Crippen LogP contribution in [0.25, 0.3) is 0 Å². The number of hydrogen-bond acceptors (Lipinski definition) is 4. The van der Waals surface area contributed by atoms with Crippen molar-refractivity contribution in [1.82, 2.24) is 10.3 Å². The third-order valence-corrected chi connectivity index (χ3v) is 2.66. The van der Waals surface area contributed by atoms with Gasteiger partial charge < -0.3 is 14.5 Å². The summed E-state index contributed by atoms with van der Waals surface area (Å²) in [6, 6.07) is 8.25. The predicted molar refractivity (Wildman–Crippen MR) is 64.8 cm³/mol. The quantitative estimate of drug-likeness (QED) is 0.860. The molecule has 0 spiro atoms. The lowest BCUT2D eigenvalue weighted by molar-refractivity contribution is 0.412. The maximum atomic E-state index is 5.20. The van der Waals surface area contributed by atoms with Gasteiger partial charge in [0.1, 0.15) is 11.5 Å². The number of aromatic nitrogens is 1. The van der Waals surface area contributed by atoms with Gasteiger partial charge in [0.25, 0.3) is 0 Å². The molecular weight excluding hydrogens is 216 g/mol. The molecule has 1 aromatic heterocycles. The zero-order chi connectivity index (χ0) is 12.1. The highest BCUT2D eigenvalue weighted by atomic mass is 16.5. The van der Waals surface area contributed by atoms with E-state index in [1.165, 1.54) is 12.0 Å². The normalized spacial score (nSPS) is 12.4. The van der Waals surface area contributed by atoms with Crippen LogP contribution in [-0.2, 0) is 6.54 Å². The first-order valence-corrected chi connectivity index (χ1v) is 5.54. The number of nitrogens with zero attached hydrogens (tertiary/aromatic N) is 1. The lowest BCUT2D eigenvalue weighted by atomic mass is 10.1. The lowest BCUT2D eigenvalue weighted by Crippen LogP contribution is -2.17. The molecule has 1 N–H and O–H groups in total. The van der Waals surface area contributed by atoms with Gasteiger partial charge in [-0.2, -0.15) is 0 Å². The molecule has 2 rings (SSSR count). The summed E-state index contributed by atoms with van der Waals surface area (Å²) < 4.78 is 10.4. The smallest absolute Gasteiger partial charge is 0.180 e. The fourth-order valence-electron chi connectivity index (χ4n) is 1.61. The fraction of sp³-hybridized carbons (Fsp3) is 0.308. The molecule has 1 aromatic carbocycles. The van der Waals surface area contributed by atoms with Crippen molar-refractivity contribution in [3.8, 4) is 5.75 Å². The molecule has 90 valence electrons. The average molecular weight is 232 g/mol. The van der Waals surface area contributed by atoms with E-state index < -0.39 is 0 Å². The van der Waals surface area contributed by atoms with Crippen LogP contribution >= 0.6 is 0 Å². The summed E-state index contributed by atoms with van der Waals surface area (Å²) in [6.45, 7) is 2.77. The second-order valence-corrected chi connectivity index (χ2v) is 3.85. The Morgan fingerprint density at radius 3 is 3.06 bits per heavy atom. The van der Waals surface area contributed by atoms with Gasteiger partial charge in [-0.3, -0.25) is 0 Å². The monoisotopic (exact) mass is 232 g/mol. The van der Waals surface area contributed by atoms with Crippen molar-refractivity contribution >= 4 is 0 Å². The Morgan fingerprint density at radius 2 is 2.35 bits per heavy atom. The van der Waals surface area contributed by atoms with E-state index in [1.54, 1.807) is 13.3 Å². The first-order chi connectivity index (χ1) is 8.29. The predicted octanol–water partition coefficient (Wildman–Crippen LogP) is 2.53. The average Bonchev–Trinajstić information content (AvgIpc) is 2.89. The van der Waals surface area contributed by atoms with Crippen LogP contribution in [0.3, 0.4) is 0 Å². The van der Waals surface area contributed by atoms with Crippen LogP contribution in [0.1, 0.15) is 24.3 Å². The topological polar surface area (TPSA) is 47.3 Å². The van der Waals surface area contributed by atoms with Gasteiger partial charge >= 0.3 is 0 Å². The molecule has 4 heteroatoms. The molecule has 4 nitrogen and oxygen atoms in total. The van der Waals surface area contributed by atoms with Crippen molar-refractivity contribution in [1.29, 1.82) is 0 Å². The standard InChI is InChI=1S/C13H16N2O2/c1-10(15-8-13-7-14-9-17-13)11-4-3-5-12(6-11)16-2/h3-7,9-10,15H,8H2,1-2H3/t10-/m1/s1. The molecule has 1 atom stereocenters. The number of methoxy groups -OCH3 is 1. The van der Waals surface area contributed by atoms with Gasteiger partial charge in [-0.1, -0.05) is 12.1 Å². The van der Waals surface area contributed by atoms with E-state index in [0.29, 0.717) is 6.54 Å². The number of nitrogens with one attached hydrogen (secondary N) is 1. The first-order valence-electron chi connectivity index (χ1n) is 5.54. The van der Waals surface area contributed by atoms with Gasteiger partial charge in [-0.05, 0) is 24.6 Å². The maximum Gasteiger partial charge on any atom is 0.180 e. The van der Waals surface area contributed by atoms with Gasteiger partial charge in [0.05, 0.1) is 19.9 Å². The molecule has 1 heterocycles. The lowest BCUT2D eigenvalue weighted by Gasteiger charge is -2.14. The molecule has 0 radical (unpaired) electrons. The highest BCUT2D eigenvalue weighted by Gasteiger charge is 2.06. The van der Waals surface area contributed by atoms with Crippen molar-refractivity contribution in [3.05, 3.63) is 48.2 Å². The SMILES string of the molecule is COc1cccc([C@@H](C)NCc2cnco2)c1. The third kappa shape index (κ3) is 3.07. The summed E-state index contributed by atoms with van der Waals surface area (Å²) in [5, 5.41) is 3.36. The second kappa shape index (κ2) is 5.50. The molecule has 0 saturated heterocycles. The zero-order valence-corrected chi connectivity index (χ0v) is 10.0. The molecule has 0 aliphatic rings. The molecule has 0 saturated carbocycles. The van der Waals surface area contributed by atoms with Crippen LogP contribution in [0.5, 0.6) is 5.75 Å². The first kappa shape index (κ1) is 11.7. The Kier molecular flexibility index (Phi) is 3.77. The third-order valence-electron chi connectivity index (χ3n) is 2.66. The van der Waals surface area contributed by atoms with Crippen LogP contribution in [0.2, 0.25) is 0 Å². The molecule has 0 aliphatic carbocycles. The summed E-state index contributed by atoms with van der Waals surface area (Å²) in [7, 11) is 1.67. The fourth-order valence-corrected chi connectivity index (χ4v) is 1.61. The molecule has 2 aromatic rings. The maximum absolute atomic E-state index is 5.20. The van der Waals surface area contributed by atoms with E-state index in [4.69, 9.17) is 9.15 Å². The summed E-state index contributed by atoms with van der Waals surface area (Å²) in [5.74, 6) is 1.70. The Hall–Kier alpha value is -1.81. The van der Waals surface area contributed by atoms with Crippen LogP contribution in [0.15, 0.2) is 41.3 Å². The Bertz CT molecular complexity index is 454. The van der Waals surface area contributed by atoms with Crippen LogP contribution in [-0.4, -0.2) is 12.1 Å². The van der Waals surface area contributed by atoms with Crippen molar-refractivity contribution in [2.75, 3.05) is 7.11 Å². The van der Waals surface area contributed by atoms with Gasteiger partial charge in [-0.25, -0.2) is 4.98 Å². The van der Waals surface area contributed by atoms with Crippen molar-refractivity contribution in [2.45, 2.75) is 19.5 Å². The van der Waals surface area contributed by atoms with Crippen molar-refractivity contribution in [2.24, 2.45) is 0 Å². The Balaban J connectivity index is 1.96. The van der Waals surface area contributed by atoms with Gasteiger partial charge in [0.2, 0.25) is 0 Å². The minimum atomic E-state index is 0.232. The van der Waals surface area contributed by atoms with E-state index >= 15 is 0 Å². The summed E-state index contributed by atoms with van der Waals surface area (Å²) >= 11 is 0. The van der Waals surface area contributed by atoms with Crippen molar-refractivity contribution in [3.63, 3.8) is 0 Å². The largest absolute Gasteiger partial charge is 0.497 e. The highest BCUT2D eigenvalue weighted by molar-refractivity contribution is 5.30. The summed E-state index contributed by atoms with van der Waals surface area (Å²) in [5.41, 5.74) is 1.18. The molecule has 0 aliphatic heterocycles. The van der Waals surface area contributed by atoms with Crippen molar-refractivity contribution < 1.29 is 9.15 Å². The Labute approximate surface area is 101 Å². The van der Waals surface area contributed by atoms with Gasteiger partial charge in [0, 0.05) is 6.04 Å². The van der Waals surface area contributed by atoms with Gasteiger partial charge in [-0.15, -0.1) is 0 Å². The molecule has 17 heavy (non-hydrogen) atoms. The number of ether oxygens (including phenoxy) is 1. The number of benzene rings is 1. The summed E-state index contributed by atoms with van der Waals surface area (Å²) in [6.07, 6.45) is 3.15. The van der Waals surface area contributed by atoms with Crippen LogP contribution < -0.4 is 10.1 Å². The Morgan fingerprint density at radius 1 is 1.47 bits per heavy atom. The van der Waals surface area contributed by atoms with E-state index in [1.807, 2.05) is 18.2 Å². The minimum Gasteiger partial charge on any atom is -0.497 e. The molecule has 0 amide bonds. The minimum absolute atomic E-state index is 0.232. The van der Waals surface area contributed by atoms with Crippen LogP contribution in [0.4, 0.5) is 0 Å². The molecular formula is C13H16N2O2. The van der Waals surface area contributed by atoms with E-state index in [-0.39, 0.29) is 6.04 Å². The van der Waals surface area contributed by atoms with Crippen LogP contribution in [0, 0.1) is 0 Å². The summed E-state index contributed by atoms with van der Waals surface area (Å²) in [4.78, 5) is 3.87. The highest BCUT2D eigenvalue weighted by Crippen LogP contribution is 2.18. The molecule has 0 fully saturated rings. The van der Waals surface area contributed by atoms with E-state index in [9.17, 15) is 0 Å². The molecule has 0 unspecified atom stereocenters. The number of oxazole rings is 1. The zero-order valence-electron chi connectivity index (χ0n) is 10.0. The molecule has 0 bridgehead atoms. The number of hydrogen-bond donors (Lipinski definition) is 1. The number of rotatable bonds is 5. The van der Waals surface area contributed by atoms with E-state index in [2.05, 4.69) is 23.3 Å². The van der Waals surface area contributed by atoms with Gasteiger partial charge in [0.15, 0.2) is 6.39 Å². The van der Waals surface area contributed by atoms with E-state index in [0.717, 1.165) is 11.5 Å².